The van der Waals surface area contributed by atoms with Crippen molar-refractivity contribution in [3.63, 3.8) is 0 Å². The van der Waals surface area contributed by atoms with Crippen LogP contribution in [0.15, 0.2) is 142 Å². The first-order valence-corrected chi connectivity index (χ1v) is 28.5. The Morgan fingerprint density at radius 2 is 1.45 bits per heavy atom. The second kappa shape index (κ2) is 17.1. The number of amides is 1. The standard InChI is InChI=1S/C59H65N5O8S2/c1-11-62-46-23-19-37(73(66,67)68)31-43(46)57(4,5)52(62)16-14-12-13-15-51-56(2,3)41-29-35(17-21-45(41)61(51)10)34-60-55(65)36-18-22-47-42(30-36)58(6,7)53-39-33-40-50(72-49(39)25-27-63(47)53)26-28-64-48-24-20-38(74(69,70)71)32-44(48)59(8,9)54(40)64/h12-24,29-33,49-50H,11,25-28,34H2,1-10H3,(H3-2,60,65,66,67,68,69,70,71)/p+2. The maximum Gasteiger partial charge on any atom is 0.294 e. The summed E-state index contributed by atoms with van der Waals surface area (Å²) in [5.41, 5.74) is 15.0. The van der Waals surface area contributed by atoms with Crippen LogP contribution in [-0.4, -0.2) is 92.0 Å². The largest absolute Gasteiger partial charge is 0.365 e. The highest BCUT2D eigenvalue weighted by molar-refractivity contribution is 8.19. The molecule has 11 rings (SSSR count). The van der Waals surface area contributed by atoms with Gasteiger partial charge in [-0.2, -0.15) is 17.6 Å². The first-order chi connectivity index (χ1) is 34.8. The monoisotopic (exact) mass is 1040 g/mol. The number of nitrogens with one attached hydrogen (secondary N) is 1. The van der Waals surface area contributed by atoms with E-state index in [1.54, 1.807) is 24.3 Å². The molecule has 4 aromatic rings. The van der Waals surface area contributed by atoms with Gasteiger partial charge in [0.2, 0.25) is 11.4 Å². The number of carbonyl (C=O) groups is 1. The molecule has 13 nitrogen and oxygen atoms in total. The zero-order valence-electron chi connectivity index (χ0n) is 43.8. The van der Waals surface area contributed by atoms with Crippen LogP contribution in [0.5, 0.6) is 0 Å². The summed E-state index contributed by atoms with van der Waals surface area (Å²) in [5, 5.41) is 3.23. The summed E-state index contributed by atoms with van der Waals surface area (Å²) < 4.78 is 75.7. The molecule has 7 aliphatic rings. The van der Waals surface area contributed by atoms with Crippen LogP contribution in [0, 0.1) is 0 Å². The Bertz CT molecular complexity index is 3490. The van der Waals surface area contributed by atoms with Crippen molar-refractivity contribution >= 4 is 61.1 Å². The maximum absolute atomic E-state index is 14.1. The van der Waals surface area contributed by atoms with E-state index in [9.17, 15) is 31.4 Å². The lowest BCUT2D eigenvalue weighted by Crippen LogP contribution is -2.47. The summed E-state index contributed by atoms with van der Waals surface area (Å²) in [5.74, 6) is -0.133. The second-order valence-electron chi connectivity index (χ2n) is 22.8. The number of nitrogens with zero attached hydrogens (tertiary/aromatic N) is 4. The lowest BCUT2D eigenvalue weighted by molar-refractivity contribution is -0.445. The van der Waals surface area contributed by atoms with E-state index in [0.717, 1.165) is 99.2 Å². The number of hydrogen-bond acceptors (Lipinski definition) is 9. The molecule has 7 heterocycles. The number of carbonyl (C=O) groups excluding carboxylic acids is 1. The molecule has 0 fully saturated rings. The molecule has 7 aliphatic heterocycles. The van der Waals surface area contributed by atoms with E-state index >= 15 is 0 Å². The molecule has 0 aromatic heterocycles. The highest BCUT2D eigenvalue weighted by atomic mass is 32.3. The summed E-state index contributed by atoms with van der Waals surface area (Å²) in [6, 6.07) is 22.6. The Balaban J connectivity index is 0.788. The van der Waals surface area contributed by atoms with Gasteiger partial charge in [0.15, 0.2) is 18.0 Å². The maximum atomic E-state index is 14.1. The van der Waals surface area contributed by atoms with E-state index in [1.807, 2.05) is 30.4 Å². The number of likely N-dealkylation sites (N-methyl/N-ethyl adjacent to an activating group) is 1. The van der Waals surface area contributed by atoms with E-state index in [4.69, 9.17) is 4.74 Å². The minimum Gasteiger partial charge on any atom is -0.365 e. The molecule has 2 unspecified atom stereocenters. The SMILES string of the molecule is CCN1C(=CC=CC=CC2=[N+](C)c3ccc(CNC(=O)c4ccc5c(c4)C(C)(C)C4=[N+]5CCC5OC6CCN7C(=C6C=C45)C(C)(C)c4cc(S(O)(O)O)ccc47)cc3C2(C)C)C(C)(C)c2cc(S(=O)(=O)O)ccc21. The van der Waals surface area contributed by atoms with Gasteiger partial charge in [0.05, 0.1) is 32.8 Å². The van der Waals surface area contributed by atoms with Crippen molar-refractivity contribution < 1.29 is 45.3 Å². The van der Waals surface area contributed by atoms with Crippen molar-refractivity contribution in [2.45, 2.75) is 125 Å². The van der Waals surface area contributed by atoms with Crippen LogP contribution in [0.1, 0.15) is 113 Å². The number of rotatable bonds is 9. The quantitative estimate of drug-likeness (QED) is 0.0619. The number of allylic oxidation sites excluding steroid dienone is 7. The van der Waals surface area contributed by atoms with E-state index in [2.05, 4.69) is 142 Å². The minimum absolute atomic E-state index is 0.0562. The fraction of sp³-hybridized carbons (Fsp3) is 0.373. The third-order valence-corrected chi connectivity index (χ3v) is 18.8. The van der Waals surface area contributed by atoms with E-state index in [-0.39, 0.29) is 33.3 Å². The summed E-state index contributed by atoms with van der Waals surface area (Å²) in [6.07, 6.45) is 14.2. The van der Waals surface area contributed by atoms with Gasteiger partial charge in [-0.05, 0) is 124 Å². The van der Waals surface area contributed by atoms with Crippen LogP contribution < -0.4 is 15.1 Å². The smallest absolute Gasteiger partial charge is 0.294 e. The van der Waals surface area contributed by atoms with Crippen molar-refractivity contribution in [3.8, 4) is 0 Å². The van der Waals surface area contributed by atoms with Gasteiger partial charge in [0.25, 0.3) is 16.0 Å². The first kappa shape index (κ1) is 50.3. The third kappa shape index (κ3) is 7.67. The number of fused-ring (bicyclic) bond motifs is 10. The Kier molecular flexibility index (Phi) is 11.6. The predicted molar refractivity (Wildman–Crippen MR) is 293 cm³/mol. The summed E-state index contributed by atoms with van der Waals surface area (Å²) in [6.45, 7) is 22.1. The predicted octanol–water partition coefficient (Wildman–Crippen LogP) is 11.2. The van der Waals surface area contributed by atoms with Gasteiger partial charge in [-0.25, -0.2) is 0 Å². The fourth-order valence-corrected chi connectivity index (χ4v) is 14.4. The fourth-order valence-electron chi connectivity index (χ4n) is 13.4. The molecule has 1 amide bonds. The summed E-state index contributed by atoms with van der Waals surface area (Å²) in [4.78, 5) is 18.6. The molecule has 15 heteroatoms. The van der Waals surface area contributed by atoms with E-state index in [1.165, 1.54) is 17.3 Å². The van der Waals surface area contributed by atoms with Gasteiger partial charge in [-0.1, -0.05) is 52.0 Å². The molecule has 0 aliphatic carbocycles. The zero-order chi connectivity index (χ0) is 52.8. The molecule has 0 saturated heterocycles. The average Bonchev–Trinajstić information content (AvgIpc) is 3.90. The molecule has 386 valence electrons. The van der Waals surface area contributed by atoms with Crippen LogP contribution >= 0.6 is 10.9 Å². The van der Waals surface area contributed by atoms with Gasteiger partial charge < -0.3 is 33.5 Å². The number of anilines is 2. The second-order valence-corrected chi connectivity index (χ2v) is 25.8. The highest BCUT2D eigenvalue weighted by Gasteiger charge is 2.55. The van der Waals surface area contributed by atoms with Crippen molar-refractivity contribution in [3.05, 3.63) is 165 Å². The Labute approximate surface area is 436 Å². The Hall–Kier alpha value is -5.91. The van der Waals surface area contributed by atoms with Crippen LogP contribution in [-0.2, 0) is 43.1 Å². The van der Waals surface area contributed by atoms with Gasteiger partial charge in [0.1, 0.15) is 17.9 Å². The van der Waals surface area contributed by atoms with E-state index < -0.39 is 37.2 Å². The molecule has 4 aromatic carbocycles. The van der Waals surface area contributed by atoms with Gasteiger partial charge in [-0.15, -0.1) is 0 Å². The topological polar surface area (TPSA) is 166 Å². The molecule has 5 N–H and O–H groups in total. The highest BCUT2D eigenvalue weighted by Crippen LogP contribution is 2.57. The lowest BCUT2D eigenvalue weighted by Gasteiger charge is -2.42. The number of hydrogen-bond donors (Lipinski definition) is 5. The summed E-state index contributed by atoms with van der Waals surface area (Å²) in [7, 11) is -6.12. The molecule has 0 radical (unpaired) electrons. The van der Waals surface area contributed by atoms with Crippen LogP contribution in [0.25, 0.3) is 0 Å². The molecule has 0 saturated carbocycles. The van der Waals surface area contributed by atoms with Crippen LogP contribution in [0.3, 0.4) is 0 Å². The van der Waals surface area contributed by atoms with Crippen LogP contribution in [0.4, 0.5) is 22.7 Å². The van der Waals surface area contributed by atoms with Crippen molar-refractivity contribution in [2.75, 3.05) is 36.5 Å². The van der Waals surface area contributed by atoms with Gasteiger partial charge >= 0.3 is 0 Å². The number of benzene rings is 4. The van der Waals surface area contributed by atoms with E-state index in [0.29, 0.717) is 18.7 Å². The molecular formula is C59H67N5O8S2+2. The third-order valence-electron chi connectivity index (χ3n) is 17.1. The average molecular weight is 1040 g/mol. The van der Waals surface area contributed by atoms with Crippen molar-refractivity contribution in [1.82, 2.24) is 5.32 Å². The Morgan fingerprint density at radius 1 is 0.757 bits per heavy atom. The molecular weight excluding hydrogens is 971 g/mol. The molecule has 74 heavy (non-hydrogen) atoms. The van der Waals surface area contributed by atoms with Crippen molar-refractivity contribution in [2.24, 2.45) is 0 Å². The van der Waals surface area contributed by atoms with Crippen LogP contribution in [0.2, 0.25) is 0 Å². The minimum atomic E-state index is -4.33. The lowest BCUT2D eigenvalue weighted by atomic mass is 9.73. The van der Waals surface area contributed by atoms with Gasteiger partial charge in [-0.3, -0.25) is 9.35 Å². The number of ether oxygens (including phenoxy) is 1. The Morgan fingerprint density at radius 3 is 2.18 bits per heavy atom. The molecule has 0 spiro atoms. The van der Waals surface area contributed by atoms with Crippen molar-refractivity contribution in [1.29, 1.82) is 0 Å². The first-order valence-electron chi connectivity index (χ1n) is 25.6. The summed E-state index contributed by atoms with van der Waals surface area (Å²) >= 11 is 0. The molecule has 2 atom stereocenters. The normalized spacial score (nSPS) is 23.4. The molecule has 0 bridgehead atoms. The van der Waals surface area contributed by atoms with Gasteiger partial charge in [0, 0.05) is 106 Å². The zero-order valence-corrected chi connectivity index (χ0v) is 45.4.